The second-order valence-corrected chi connectivity index (χ2v) is 6.30. The minimum absolute atomic E-state index is 0.115. The number of aromatic nitrogens is 1. The van der Waals surface area contributed by atoms with Crippen molar-refractivity contribution >= 4 is 11.7 Å². The summed E-state index contributed by atoms with van der Waals surface area (Å²) < 4.78 is 0. The highest BCUT2D eigenvalue weighted by atomic mass is 15.3. The predicted molar refractivity (Wildman–Crippen MR) is 77.9 cm³/mol. The smallest absolute Gasteiger partial charge is 0.140 e. The lowest BCUT2D eigenvalue weighted by molar-refractivity contribution is 0.513. The van der Waals surface area contributed by atoms with Crippen LogP contribution in [0.2, 0.25) is 0 Å². The van der Waals surface area contributed by atoms with Crippen molar-refractivity contribution in [2.24, 2.45) is 5.73 Å². The van der Waals surface area contributed by atoms with Crippen molar-refractivity contribution in [2.75, 3.05) is 11.4 Å². The monoisotopic (exact) mass is 258 g/mol. The van der Waals surface area contributed by atoms with Crippen molar-refractivity contribution in [3.8, 4) is 0 Å². The summed E-state index contributed by atoms with van der Waals surface area (Å²) in [5.41, 5.74) is 9.21. The van der Waals surface area contributed by atoms with Crippen LogP contribution in [0.3, 0.4) is 0 Å². The highest BCUT2D eigenvalue weighted by Gasteiger charge is 2.35. The van der Waals surface area contributed by atoms with Gasteiger partial charge in [-0.1, -0.05) is 0 Å². The molecule has 0 amide bonds. The first kappa shape index (κ1) is 12.5. The number of nitrogens with one attached hydrogen (secondary N) is 1. The summed E-state index contributed by atoms with van der Waals surface area (Å²) in [4.78, 5) is 7.19. The topological polar surface area (TPSA) is 66.0 Å². The van der Waals surface area contributed by atoms with Crippen LogP contribution in [0.15, 0.2) is 6.07 Å². The van der Waals surface area contributed by atoms with Gasteiger partial charge in [-0.3, -0.25) is 5.41 Å². The summed E-state index contributed by atoms with van der Waals surface area (Å²) in [6.45, 7) is 5.51. The highest BCUT2D eigenvalue weighted by molar-refractivity contribution is 6.00. The summed E-state index contributed by atoms with van der Waals surface area (Å²) in [6, 6.07) is 2.10. The Bertz CT molecular complexity index is 533. The summed E-state index contributed by atoms with van der Waals surface area (Å²) in [6.07, 6.45) is 5.67. The third-order valence-corrected chi connectivity index (χ3v) is 4.48. The summed E-state index contributed by atoms with van der Waals surface area (Å²) in [5.74, 6) is 1.07. The maximum Gasteiger partial charge on any atom is 0.140 e. The van der Waals surface area contributed by atoms with E-state index in [9.17, 15) is 0 Å². The first-order valence-corrected chi connectivity index (χ1v) is 7.14. The van der Waals surface area contributed by atoms with Crippen LogP contribution in [0.5, 0.6) is 0 Å². The van der Waals surface area contributed by atoms with E-state index < -0.39 is 0 Å². The van der Waals surface area contributed by atoms with Gasteiger partial charge in [0.25, 0.3) is 0 Å². The van der Waals surface area contributed by atoms with E-state index >= 15 is 0 Å². The number of anilines is 1. The number of nitrogens with zero attached hydrogens (tertiary/aromatic N) is 2. The number of nitrogen functional groups attached to an aromatic ring is 1. The quantitative estimate of drug-likeness (QED) is 0.631. The fourth-order valence-corrected chi connectivity index (χ4v) is 3.37. The molecule has 19 heavy (non-hydrogen) atoms. The zero-order valence-electron chi connectivity index (χ0n) is 11.8. The van der Waals surface area contributed by atoms with Gasteiger partial charge in [0.15, 0.2) is 0 Å². The van der Waals surface area contributed by atoms with Crippen molar-refractivity contribution in [1.82, 2.24) is 4.98 Å². The molecule has 1 fully saturated rings. The van der Waals surface area contributed by atoms with Crippen molar-refractivity contribution in [1.29, 1.82) is 5.41 Å². The Morgan fingerprint density at radius 3 is 2.79 bits per heavy atom. The molecule has 1 saturated heterocycles. The van der Waals surface area contributed by atoms with E-state index in [-0.39, 0.29) is 11.4 Å². The maximum absolute atomic E-state index is 7.84. The van der Waals surface area contributed by atoms with E-state index in [2.05, 4.69) is 24.8 Å². The van der Waals surface area contributed by atoms with Gasteiger partial charge in [0.05, 0.1) is 5.56 Å². The molecular weight excluding hydrogens is 236 g/mol. The molecule has 2 heterocycles. The Kier molecular flexibility index (Phi) is 2.77. The Hall–Kier alpha value is -1.58. The number of aryl methyl sites for hydroxylation is 2. The summed E-state index contributed by atoms with van der Waals surface area (Å²) >= 11 is 0. The lowest BCUT2D eigenvalue weighted by Crippen LogP contribution is -2.40. The van der Waals surface area contributed by atoms with Gasteiger partial charge in [-0.15, -0.1) is 0 Å². The number of hydrogen-bond donors (Lipinski definition) is 2. The van der Waals surface area contributed by atoms with Crippen LogP contribution in [0.25, 0.3) is 0 Å². The second-order valence-electron chi connectivity index (χ2n) is 6.30. The van der Waals surface area contributed by atoms with Crippen LogP contribution in [-0.2, 0) is 12.8 Å². The maximum atomic E-state index is 7.84. The molecule has 1 aliphatic heterocycles. The number of nitrogens with two attached hydrogens (primary N) is 1. The van der Waals surface area contributed by atoms with Gasteiger partial charge in [-0.05, 0) is 57.6 Å². The molecule has 2 aliphatic rings. The Morgan fingerprint density at radius 1 is 1.37 bits per heavy atom. The van der Waals surface area contributed by atoms with E-state index in [4.69, 9.17) is 16.1 Å². The molecule has 4 heteroatoms. The Balaban J connectivity index is 2.11. The van der Waals surface area contributed by atoms with Crippen LogP contribution in [0.1, 0.15) is 49.9 Å². The molecule has 0 saturated carbocycles. The average molecular weight is 258 g/mol. The minimum Gasteiger partial charge on any atom is -0.384 e. The first-order chi connectivity index (χ1) is 8.99. The third-order valence-electron chi connectivity index (χ3n) is 4.48. The molecule has 4 nitrogen and oxygen atoms in total. The van der Waals surface area contributed by atoms with Crippen LogP contribution < -0.4 is 10.6 Å². The fourth-order valence-electron chi connectivity index (χ4n) is 3.37. The molecule has 1 aliphatic carbocycles. The van der Waals surface area contributed by atoms with Gasteiger partial charge in [0.1, 0.15) is 11.7 Å². The number of pyridine rings is 1. The number of amidine groups is 1. The van der Waals surface area contributed by atoms with Crippen molar-refractivity contribution < 1.29 is 0 Å². The van der Waals surface area contributed by atoms with E-state index in [1.807, 2.05) is 0 Å². The number of rotatable bonds is 2. The zero-order chi connectivity index (χ0) is 13.6. The Morgan fingerprint density at radius 2 is 2.16 bits per heavy atom. The van der Waals surface area contributed by atoms with Gasteiger partial charge < -0.3 is 10.6 Å². The summed E-state index contributed by atoms with van der Waals surface area (Å²) in [7, 11) is 0. The molecule has 3 N–H and O–H groups in total. The van der Waals surface area contributed by atoms with Gasteiger partial charge >= 0.3 is 0 Å². The molecule has 0 unspecified atom stereocenters. The molecule has 0 aromatic carbocycles. The number of fused-ring (bicyclic) bond motifs is 1. The molecule has 0 spiro atoms. The third kappa shape index (κ3) is 1.99. The Labute approximate surface area is 114 Å². The number of hydrogen-bond acceptors (Lipinski definition) is 3. The van der Waals surface area contributed by atoms with Gasteiger partial charge in [-0.25, -0.2) is 4.98 Å². The van der Waals surface area contributed by atoms with Crippen LogP contribution >= 0.6 is 0 Å². The van der Waals surface area contributed by atoms with Crippen LogP contribution in [0.4, 0.5) is 5.82 Å². The van der Waals surface area contributed by atoms with Crippen molar-refractivity contribution in [3.63, 3.8) is 0 Å². The molecule has 0 bridgehead atoms. The van der Waals surface area contributed by atoms with E-state index in [0.29, 0.717) is 0 Å². The van der Waals surface area contributed by atoms with Crippen LogP contribution in [-0.4, -0.2) is 22.9 Å². The van der Waals surface area contributed by atoms with Gasteiger partial charge in [0, 0.05) is 17.8 Å². The zero-order valence-corrected chi connectivity index (χ0v) is 11.8. The molecule has 1 aromatic heterocycles. The van der Waals surface area contributed by atoms with Crippen molar-refractivity contribution in [2.45, 2.75) is 51.5 Å². The SMILES string of the molecule is CC1(C)CCCN1c1nc2c(cc1C(=N)N)CCC2. The largest absolute Gasteiger partial charge is 0.384 e. The highest BCUT2D eigenvalue weighted by Crippen LogP contribution is 2.36. The van der Waals surface area contributed by atoms with Gasteiger partial charge in [-0.2, -0.15) is 0 Å². The van der Waals surface area contributed by atoms with E-state index in [0.717, 1.165) is 30.8 Å². The average Bonchev–Trinajstić information content (AvgIpc) is 2.92. The first-order valence-electron chi connectivity index (χ1n) is 7.14. The molecule has 0 radical (unpaired) electrons. The normalized spacial score (nSPS) is 20.6. The van der Waals surface area contributed by atoms with Crippen LogP contribution in [0, 0.1) is 5.41 Å². The lowest BCUT2D eigenvalue weighted by Gasteiger charge is -2.34. The molecule has 102 valence electrons. The lowest BCUT2D eigenvalue weighted by atomic mass is 10.0. The standard InChI is InChI=1S/C15H22N4/c1-15(2)7-4-8-19(15)14-11(13(16)17)9-10-5-3-6-12(10)18-14/h9H,3-8H2,1-2H3,(H3,16,17). The summed E-state index contributed by atoms with van der Waals surface area (Å²) in [5, 5.41) is 7.84. The molecule has 1 aromatic rings. The van der Waals surface area contributed by atoms with E-state index in [1.54, 1.807) is 0 Å². The second kappa shape index (κ2) is 4.22. The van der Waals surface area contributed by atoms with Gasteiger partial charge in [0.2, 0.25) is 0 Å². The van der Waals surface area contributed by atoms with E-state index in [1.165, 1.54) is 30.5 Å². The fraction of sp³-hybridized carbons (Fsp3) is 0.600. The molecule has 0 atom stereocenters. The van der Waals surface area contributed by atoms with Crippen molar-refractivity contribution in [3.05, 3.63) is 22.9 Å². The predicted octanol–water partition coefficient (Wildman–Crippen LogP) is 2.23. The molecule has 3 rings (SSSR count). The minimum atomic E-state index is 0.115. The molecular formula is C15H22N4.